The van der Waals surface area contributed by atoms with Crippen molar-refractivity contribution in [3.8, 4) is 5.75 Å². The molecule has 1 saturated heterocycles. The third-order valence-electron chi connectivity index (χ3n) is 4.61. The second kappa shape index (κ2) is 8.96. The van der Waals surface area contributed by atoms with E-state index in [0.717, 1.165) is 37.0 Å². The molecule has 2 aromatic carbocycles. The molecule has 0 aliphatic carbocycles. The molecule has 1 N–H and O–H groups in total. The van der Waals surface area contributed by atoms with Crippen molar-refractivity contribution in [1.82, 2.24) is 4.90 Å². The maximum absolute atomic E-state index is 10.3. The predicted octanol–water partition coefficient (Wildman–Crippen LogP) is 3.86. The summed E-state index contributed by atoms with van der Waals surface area (Å²) in [5.74, 6) is 0.717. The SMILES string of the molecule is Cc1ccc(Cl)cc1N1CCN(C[C@@H](O)COc2ccc(Cl)cc2)CC1. The Labute approximate surface area is 164 Å². The smallest absolute Gasteiger partial charge is 0.119 e. The monoisotopic (exact) mass is 394 g/mol. The van der Waals surface area contributed by atoms with Gasteiger partial charge in [0.1, 0.15) is 18.5 Å². The molecule has 0 radical (unpaired) electrons. The highest BCUT2D eigenvalue weighted by Gasteiger charge is 2.20. The highest BCUT2D eigenvalue weighted by Crippen LogP contribution is 2.25. The van der Waals surface area contributed by atoms with Crippen molar-refractivity contribution in [3.05, 3.63) is 58.1 Å². The summed E-state index contributed by atoms with van der Waals surface area (Å²) in [7, 11) is 0. The molecule has 0 aromatic heterocycles. The number of aryl methyl sites for hydroxylation is 1. The molecule has 1 fully saturated rings. The van der Waals surface area contributed by atoms with Gasteiger partial charge in [-0.1, -0.05) is 29.3 Å². The average Bonchev–Trinajstić information content (AvgIpc) is 2.64. The Morgan fingerprint density at radius 3 is 2.35 bits per heavy atom. The minimum Gasteiger partial charge on any atom is -0.491 e. The van der Waals surface area contributed by atoms with E-state index in [1.54, 1.807) is 24.3 Å². The van der Waals surface area contributed by atoms with E-state index in [4.69, 9.17) is 27.9 Å². The fourth-order valence-electron chi connectivity index (χ4n) is 3.17. The second-order valence-electron chi connectivity index (χ2n) is 6.64. The van der Waals surface area contributed by atoms with Gasteiger partial charge in [0, 0.05) is 48.5 Å². The van der Waals surface area contributed by atoms with Gasteiger partial charge in [-0.25, -0.2) is 0 Å². The first-order valence-corrected chi connectivity index (χ1v) is 9.57. The molecule has 6 heteroatoms. The lowest BCUT2D eigenvalue weighted by molar-refractivity contribution is 0.0663. The fourth-order valence-corrected chi connectivity index (χ4v) is 3.46. The summed E-state index contributed by atoms with van der Waals surface area (Å²) < 4.78 is 5.62. The van der Waals surface area contributed by atoms with Crippen molar-refractivity contribution in [3.63, 3.8) is 0 Å². The van der Waals surface area contributed by atoms with E-state index in [9.17, 15) is 5.11 Å². The van der Waals surface area contributed by atoms with E-state index in [2.05, 4.69) is 22.8 Å². The Morgan fingerprint density at radius 1 is 1.00 bits per heavy atom. The number of nitrogens with zero attached hydrogens (tertiary/aromatic N) is 2. The van der Waals surface area contributed by atoms with E-state index >= 15 is 0 Å². The van der Waals surface area contributed by atoms with E-state index in [1.807, 2.05) is 12.1 Å². The van der Waals surface area contributed by atoms with Crippen LogP contribution in [0.1, 0.15) is 5.56 Å². The number of aliphatic hydroxyl groups is 1. The quantitative estimate of drug-likeness (QED) is 0.806. The second-order valence-corrected chi connectivity index (χ2v) is 7.51. The summed E-state index contributed by atoms with van der Waals surface area (Å²) in [4.78, 5) is 4.63. The summed E-state index contributed by atoms with van der Waals surface area (Å²) in [6.45, 7) is 6.65. The van der Waals surface area contributed by atoms with Gasteiger partial charge in [0.25, 0.3) is 0 Å². The number of aliphatic hydroxyl groups excluding tert-OH is 1. The first kappa shape index (κ1) is 19.3. The third-order valence-corrected chi connectivity index (χ3v) is 5.10. The van der Waals surface area contributed by atoms with Gasteiger partial charge in [0.2, 0.25) is 0 Å². The third kappa shape index (κ3) is 5.27. The van der Waals surface area contributed by atoms with Crippen LogP contribution in [0.4, 0.5) is 5.69 Å². The highest BCUT2D eigenvalue weighted by molar-refractivity contribution is 6.31. The molecule has 2 aromatic rings. The van der Waals surface area contributed by atoms with Crippen LogP contribution in [0, 0.1) is 6.92 Å². The van der Waals surface area contributed by atoms with Crippen LogP contribution in [0.25, 0.3) is 0 Å². The lowest BCUT2D eigenvalue weighted by Gasteiger charge is -2.37. The lowest BCUT2D eigenvalue weighted by Crippen LogP contribution is -2.49. The molecule has 4 nitrogen and oxygen atoms in total. The minimum absolute atomic E-state index is 0.273. The molecule has 0 saturated carbocycles. The Bertz CT molecular complexity index is 716. The van der Waals surface area contributed by atoms with Crippen LogP contribution in [0.2, 0.25) is 10.0 Å². The summed E-state index contributed by atoms with van der Waals surface area (Å²) in [6, 6.07) is 13.2. The zero-order chi connectivity index (χ0) is 18.5. The number of benzene rings is 2. The Balaban J connectivity index is 1.44. The normalized spacial score (nSPS) is 16.5. The average molecular weight is 395 g/mol. The standard InChI is InChI=1S/C20H24Cl2N2O2/c1-15-2-3-17(22)12-20(15)24-10-8-23(9-11-24)13-18(25)14-26-19-6-4-16(21)5-7-19/h2-7,12,18,25H,8-11,13-14H2,1H3/t18-/m1/s1. The van der Waals surface area contributed by atoms with Crippen molar-refractivity contribution in [1.29, 1.82) is 0 Å². The van der Waals surface area contributed by atoms with Gasteiger partial charge in [0.05, 0.1) is 0 Å². The minimum atomic E-state index is -0.523. The Hall–Kier alpha value is -1.46. The zero-order valence-electron chi connectivity index (χ0n) is 14.9. The Morgan fingerprint density at radius 2 is 1.65 bits per heavy atom. The van der Waals surface area contributed by atoms with Gasteiger partial charge in [-0.15, -0.1) is 0 Å². The first-order valence-electron chi connectivity index (χ1n) is 8.81. The summed E-state index contributed by atoms with van der Waals surface area (Å²) in [6.07, 6.45) is -0.523. The molecule has 1 aliphatic rings. The van der Waals surface area contributed by atoms with Crippen molar-refractivity contribution in [2.75, 3.05) is 44.2 Å². The first-order chi connectivity index (χ1) is 12.5. The maximum atomic E-state index is 10.3. The van der Waals surface area contributed by atoms with Crippen LogP contribution in [0.5, 0.6) is 5.75 Å². The highest BCUT2D eigenvalue weighted by atomic mass is 35.5. The Kier molecular flexibility index (Phi) is 6.65. The van der Waals surface area contributed by atoms with Crippen LogP contribution < -0.4 is 9.64 Å². The maximum Gasteiger partial charge on any atom is 0.119 e. The van der Waals surface area contributed by atoms with E-state index in [0.29, 0.717) is 11.6 Å². The number of rotatable bonds is 6. The molecule has 0 spiro atoms. The van der Waals surface area contributed by atoms with E-state index in [-0.39, 0.29) is 6.61 Å². The molecule has 1 heterocycles. The van der Waals surface area contributed by atoms with Crippen LogP contribution in [-0.4, -0.2) is 55.4 Å². The lowest BCUT2D eigenvalue weighted by atomic mass is 10.1. The number of hydrogen-bond acceptors (Lipinski definition) is 4. The predicted molar refractivity (Wildman–Crippen MR) is 108 cm³/mol. The summed E-state index contributed by atoms with van der Waals surface area (Å²) in [5, 5.41) is 11.7. The molecular formula is C20H24Cl2N2O2. The van der Waals surface area contributed by atoms with Gasteiger partial charge >= 0.3 is 0 Å². The zero-order valence-corrected chi connectivity index (χ0v) is 16.4. The number of anilines is 1. The van der Waals surface area contributed by atoms with Crippen LogP contribution in [0.15, 0.2) is 42.5 Å². The van der Waals surface area contributed by atoms with Gasteiger partial charge in [0.15, 0.2) is 0 Å². The van der Waals surface area contributed by atoms with Gasteiger partial charge in [-0.3, -0.25) is 4.90 Å². The number of β-amino-alcohol motifs (C(OH)–C–C–N with tert-alkyl or cyclic N) is 1. The summed E-state index contributed by atoms with van der Waals surface area (Å²) >= 11 is 12.0. The number of hydrogen-bond donors (Lipinski definition) is 1. The molecule has 0 bridgehead atoms. The van der Waals surface area contributed by atoms with E-state index < -0.39 is 6.10 Å². The molecular weight excluding hydrogens is 371 g/mol. The molecule has 1 aliphatic heterocycles. The topological polar surface area (TPSA) is 35.9 Å². The van der Waals surface area contributed by atoms with E-state index in [1.165, 1.54) is 11.3 Å². The number of ether oxygens (including phenoxy) is 1. The largest absolute Gasteiger partial charge is 0.491 e. The van der Waals surface area contributed by atoms with Crippen molar-refractivity contribution < 1.29 is 9.84 Å². The molecule has 26 heavy (non-hydrogen) atoms. The number of piperazine rings is 1. The van der Waals surface area contributed by atoms with Gasteiger partial charge in [-0.2, -0.15) is 0 Å². The van der Waals surface area contributed by atoms with Crippen LogP contribution >= 0.6 is 23.2 Å². The van der Waals surface area contributed by atoms with Gasteiger partial charge < -0.3 is 14.7 Å². The molecule has 1 atom stereocenters. The number of halogens is 2. The molecule has 0 amide bonds. The van der Waals surface area contributed by atoms with Gasteiger partial charge in [-0.05, 0) is 48.9 Å². The van der Waals surface area contributed by atoms with Crippen LogP contribution in [-0.2, 0) is 0 Å². The molecule has 0 unspecified atom stereocenters. The van der Waals surface area contributed by atoms with Crippen molar-refractivity contribution in [2.45, 2.75) is 13.0 Å². The molecule has 140 valence electrons. The van der Waals surface area contributed by atoms with Crippen molar-refractivity contribution >= 4 is 28.9 Å². The fraction of sp³-hybridized carbons (Fsp3) is 0.400. The van der Waals surface area contributed by atoms with Crippen molar-refractivity contribution in [2.24, 2.45) is 0 Å². The molecule has 3 rings (SSSR count). The van der Waals surface area contributed by atoms with Crippen LogP contribution in [0.3, 0.4) is 0 Å². The summed E-state index contributed by atoms with van der Waals surface area (Å²) in [5.41, 5.74) is 2.43.